The van der Waals surface area contributed by atoms with Crippen molar-refractivity contribution in [2.45, 2.75) is 17.9 Å². The zero-order chi connectivity index (χ0) is 12.6. The first-order chi connectivity index (χ1) is 8.02. The van der Waals surface area contributed by atoms with Crippen LogP contribution in [-0.4, -0.2) is 30.8 Å². The first-order valence-corrected chi connectivity index (χ1v) is 5.27. The fourth-order valence-corrected chi connectivity index (χ4v) is 2.02. The van der Waals surface area contributed by atoms with Crippen LogP contribution in [-0.2, 0) is 9.53 Å². The van der Waals surface area contributed by atoms with Crippen molar-refractivity contribution >= 4 is 5.97 Å². The monoisotopic (exact) mass is 237 g/mol. The summed E-state index contributed by atoms with van der Waals surface area (Å²) in [6, 6.07) is 4.96. The van der Waals surface area contributed by atoms with Crippen molar-refractivity contribution < 1.29 is 19.4 Å². The van der Waals surface area contributed by atoms with Gasteiger partial charge in [-0.2, -0.15) is 0 Å². The molecule has 17 heavy (non-hydrogen) atoms. The maximum atomic E-state index is 11.5. The van der Waals surface area contributed by atoms with Gasteiger partial charge in [0.1, 0.15) is 5.54 Å². The molecular formula is C12H15NO4. The predicted octanol–water partition coefficient (Wildman–Crippen LogP) is 0.759. The minimum absolute atomic E-state index is 0.0672. The highest BCUT2D eigenvalue weighted by molar-refractivity contribution is 5.86. The second kappa shape index (κ2) is 3.92. The molecule has 0 spiro atoms. The first-order valence-electron chi connectivity index (χ1n) is 5.27. The van der Waals surface area contributed by atoms with Gasteiger partial charge in [-0.25, -0.2) is 0 Å². The maximum absolute atomic E-state index is 11.5. The topological polar surface area (TPSA) is 81.8 Å². The number of ether oxygens (including phenoxy) is 2. The van der Waals surface area contributed by atoms with Crippen LogP contribution in [0.1, 0.15) is 17.9 Å². The number of rotatable bonds is 3. The lowest BCUT2D eigenvalue weighted by molar-refractivity contribution is -0.143. The average Bonchev–Trinajstić information content (AvgIpc) is 3.02. The van der Waals surface area contributed by atoms with E-state index in [1.165, 1.54) is 20.3 Å². The van der Waals surface area contributed by atoms with Crippen LogP contribution in [0.25, 0.3) is 0 Å². The molecule has 0 bridgehead atoms. The number of phenolic OH excluding ortho intramolecular Hbond substituents is 1. The van der Waals surface area contributed by atoms with E-state index in [2.05, 4.69) is 4.74 Å². The Morgan fingerprint density at radius 3 is 2.82 bits per heavy atom. The summed E-state index contributed by atoms with van der Waals surface area (Å²) in [7, 11) is 2.80. The van der Waals surface area contributed by atoms with E-state index in [4.69, 9.17) is 10.5 Å². The van der Waals surface area contributed by atoms with E-state index >= 15 is 0 Å². The second-order valence-corrected chi connectivity index (χ2v) is 4.22. The van der Waals surface area contributed by atoms with Crippen molar-refractivity contribution in [3.63, 3.8) is 0 Å². The van der Waals surface area contributed by atoms with E-state index in [1.807, 2.05) is 0 Å². The van der Waals surface area contributed by atoms with E-state index < -0.39 is 11.5 Å². The summed E-state index contributed by atoms with van der Waals surface area (Å²) in [5.41, 5.74) is 5.86. The lowest BCUT2D eigenvalue weighted by atomic mass is 10.1. The zero-order valence-electron chi connectivity index (χ0n) is 9.77. The number of hydrogen-bond donors (Lipinski definition) is 2. The van der Waals surface area contributed by atoms with Crippen molar-refractivity contribution in [3.8, 4) is 11.5 Å². The van der Waals surface area contributed by atoms with Crippen molar-refractivity contribution in [1.29, 1.82) is 0 Å². The molecule has 1 saturated carbocycles. The van der Waals surface area contributed by atoms with Crippen LogP contribution in [0, 0.1) is 0 Å². The highest BCUT2D eigenvalue weighted by atomic mass is 16.5. The van der Waals surface area contributed by atoms with Gasteiger partial charge in [0.15, 0.2) is 11.5 Å². The quantitative estimate of drug-likeness (QED) is 0.758. The van der Waals surface area contributed by atoms with Crippen molar-refractivity contribution in [1.82, 2.24) is 0 Å². The highest BCUT2D eigenvalue weighted by Crippen LogP contribution is 2.51. The molecule has 0 aromatic heterocycles. The van der Waals surface area contributed by atoms with Gasteiger partial charge in [-0.1, -0.05) is 6.07 Å². The van der Waals surface area contributed by atoms with Gasteiger partial charge in [0.25, 0.3) is 0 Å². The summed E-state index contributed by atoms with van der Waals surface area (Å²) in [6.45, 7) is 0. The summed E-state index contributed by atoms with van der Waals surface area (Å²) in [6.07, 6.45) is 0.549. The number of methoxy groups -OCH3 is 2. The number of aromatic hydroxyl groups is 1. The molecule has 0 heterocycles. The Morgan fingerprint density at radius 2 is 2.24 bits per heavy atom. The Kier molecular flexibility index (Phi) is 2.71. The van der Waals surface area contributed by atoms with Gasteiger partial charge >= 0.3 is 5.97 Å². The molecule has 0 saturated heterocycles. The Morgan fingerprint density at radius 1 is 1.53 bits per heavy atom. The van der Waals surface area contributed by atoms with Crippen LogP contribution in [0.4, 0.5) is 0 Å². The third-order valence-corrected chi connectivity index (χ3v) is 3.18. The molecule has 1 aliphatic rings. The Bertz CT molecular complexity index is 460. The molecule has 1 fully saturated rings. The largest absolute Gasteiger partial charge is 0.504 e. The van der Waals surface area contributed by atoms with Gasteiger partial charge in [-0.05, 0) is 24.1 Å². The second-order valence-electron chi connectivity index (χ2n) is 4.22. The smallest absolute Gasteiger partial charge is 0.326 e. The molecule has 1 aromatic rings. The molecule has 0 amide bonds. The standard InChI is InChI=1S/C12H15NO4/c1-16-10-5-7(3-4-9(10)14)8-6-12(8,13)11(15)17-2/h3-5,8,14H,6,13H2,1-2H3. The van der Waals surface area contributed by atoms with Crippen LogP contribution < -0.4 is 10.5 Å². The number of hydrogen-bond acceptors (Lipinski definition) is 5. The SMILES string of the molecule is COC(=O)C1(N)CC1c1ccc(O)c(OC)c1. The molecular weight excluding hydrogens is 222 g/mol. The predicted molar refractivity (Wildman–Crippen MR) is 61.0 cm³/mol. The van der Waals surface area contributed by atoms with Crippen molar-refractivity contribution in [3.05, 3.63) is 23.8 Å². The summed E-state index contributed by atoms with van der Waals surface area (Å²) < 4.78 is 9.68. The maximum Gasteiger partial charge on any atom is 0.326 e. The molecule has 92 valence electrons. The zero-order valence-corrected chi connectivity index (χ0v) is 9.77. The van der Waals surface area contributed by atoms with Gasteiger partial charge in [-0.3, -0.25) is 4.79 Å². The number of carbonyl (C=O) groups is 1. The number of phenols is 1. The van der Waals surface area contributed by atoms with Crippen LogP contribution >= 0.6 is 0 Å². The van der Waals surface area contributed by atoms with Crippen LogP contribution in [0.3, 0.4) is 0 Å². The molecule has 2 rings (SSSR count). The number of esters is 1. The van der Waals surface area contributed by atoms with Crippen molar-refractivity contribution in [2.75, 3.05) is 14.2 Å². The molecule has 1 aliphatic carbocycles. The number of carbonyl (C=O) groups excluding carboxylic acids is 1. The van der Waals surface area contributed by atoms with Gasteiger partial charge in [0, 0.05) is 5.92 Å². The molecule has 2 atom stereocenters. The molecule has 0 radical (unpaired) electrons. The Labute approximate surface area is 99.1 Å². The lowest BCUT2D eigenvalue weighted by Gasteiger charge is -2.10. The summed E-state index contributed by atoms with van der Waals surface area (Å²) >= 11 is 0. The number of benzene rings is 1. The molecule has 1 aromatic carbocycles. The van der Waals surface area contributed by atoms with Crippen molar-refractivity contribution in [2.24, 2.45) is 5.73 Å². The van der Waals surface area contributed by atoms with Crippen LogP contribution in [0.15, 0.2) is 18.2 Å². The van der Waals surface area contributed by atoms with Gasteiger partial charge in [0.2, 0.25) is 0 Å². The normalized spacial score (nSPS) is 26.4. The van der Waals surface area contributed by atoms with E-state index in [1.54, 1.807) is 12.1 Å². The molecule has 0 aliphatic heterocycles. The molecule has 3 N–H and O–H groups in total. The third kappa shape index (κ3) is 1.82. The van der Waals surface area contributed by atoms with E-state index in [0.717, 1.165) is 5.56 Å². The fourth-order valence-electron chi connectivity index (χ4n) is 2.02. The third-order valence-electron chi connectivity index (χ3n) is 3.18. The highest BCUT2D eigenvalue weighted by Gasteiger charge is 2.59. The summed E-state index contributed by atoms with van der Waals surface area (Å²) in [5.74, 6) is -0.0433. The van der Waals surface area contributed by atoms with E-state index in [9.17, 15) is 9.90 Å². The fraction of sp³-hybridized carbons (Fsp3) is 0.417. The Balaban J connectivity index is 2.24. The Hall–Kier alpha value is -1.75. The summed E-state index contributed by atoms with van der Waals surface area (Å²) in [5, 5.41) is 9.47. The van der Waals surface area contributed by atoms with Crippen LogP contribution in [0.2, 0.25) is 0 Å². The van der Waals surface area contributed by atoms with E-state index in [0.29, 0.717) is 12.2 Å². The first kappa shape index (κ1) is 11.7. The van der Waals surface area contributed by atoms with Gasteiger partial charge in [0.05, 0.1) is 14.2 Å². The minimum atomic E-state index is -0.934. The summed E-state index contributed by atoms with van der Waals surface area (Å²) in [4.78, 5) is 11.5. The lowest BCUT2D eigenvalue weighted by Crippen LogP contribution is -2.35. The molecule has 2 unspecified atom stereocenters. The van der Waals surface area contributed by atoms with E-state index in [-0.39, 0.29) is 11.7 Å². The van der Waals surface area contributed by atoms with Gasteiger partial charge in [-0.15, -0.1) is 0 Å². The van der Waals surface area contributed by atoms with Gasteiger partial charge < -0.3 is 20.3 Å². The molecule has 5 heteroatoms. The number of nitrogens with two attached hydrogens (primary N) is 1. The average molecular weight is 237 g/mol. The minimum Gasteiger partial charge on any atom is -0.504 e. The van der Waals surface area contributed by atoms with Crippen LogP contribution in [0.5, 0.6) is 11.5 Å². The molecule has 5 nitrogen and oxygen atoms in total.